The minimum atomic E-state index is -0.250. The molecule has 1 amide bonds. The van der Waals surface area contributed by atoms with Crippen molar-refractivity contribution in [3.8, 4) is 0 Å². The smallest absolute Gasteiger partial charge is 0.308 e. The summed E-state index contributed by atoms with van der Waals surface area (Å²) in [5, 5.41) is 3.86. The number of aryl methyl sites for hydroxylation is 2. The number of rotatable bonds is 7. The van der Waals surface area contributed by atoms with Gasteiger partial charge in [-0.25, -0.2) is 9.97 Å². The van der Waals surface area contributed by atoms with Crippen LogP contribution in [0.2, 0.25) is 0 Å². The molecule has 0 spiro atoms. The highest BCUT2D eigenvalue weighted by Crippen LogP contribution is 2.35. The van der Waals surface area contributed by atoms with Crippen LogP contribution in [-0.4, -0.2) is 61.3 Å². The van der Waals surface area contributed by atoms with Gasteiger partial charge in [0, 0.05) is 19.6 Å². The SMILES string of the molecule is CCOC(=O)[C@H](C)CCNC(=O)c1sc2nc(C)nc(N3CCOCC3)c2c1C. The Morgan fingerprint density at radius 1 is 1.28 bits per heavy atom. The van der Waals surface area contributed by atoms with Gasteiger partial charge < -0.3 is 19.7 Å². The second-order valence-corrected chi connectivity index (χ2v) is 8.13. The lowest BCUT2D eigenvalue weighted by Crippen LogP contribution is -2.37. The van der Waals surface area contributed by atoms with Gasteiger partial charge in [-0.15, -0.1) is 11.3 Å². The molecule has 9 heteroatoms. The second kappa shape index (κ2) is 9.49. The van der Waals surface area contributed by atoms with Gasteiger partial charge in [-0.1, -0.05) is 6.92 Å². The molecule has 0 bridgehead atoms. The van der Waals surface area contributed by atoms with Crippen LogP contribution in [0.4, 0.5) is 5.82 Å². The Morgan fingerprint density at radius 2 is 2.00 bits per heavy atom. The molecule has 1 saturated heterocycles. The molecule has 1 atom stereocenters. The number of carbonyl (C=O) groups is 2. The van der Waals surface area contributed by atoms with Crippen molar-refractivity contribution in [3.05, 3.63) is 16.3 Å². The number of hydrogen-bond acceptors (Lipinski definition) is 8. The second-order valence-electron chi connectivity index (χ2n) is 7.13. The van der Waals surface area contributed by atoms with Gasteiger partial charge in [0.2, 0.25) is 0 Å². The lowest BCUT2D eigenvalue weighted by Gasteiger charge is -2.28. The van der Waals surface area contributed by atoms with Gasteiger partial charge >= 0.3 is 5.97 Å². The molecule has 158 valence electrons. The van der Waals surface area contributed by atoms with Gasteiger partial charge in [-0.3, -0.25) is 9.59 Å². The zero-order chi connectivity index (χ0) is 21.0. The zero-order valence-electron chi connectivity index (χ0n) is 17.4. The average molecular weight is 421 g/mol. The topological polar surface area (TPSA) is 93.6 Å². The summed E-state index contributed by atoms with van der Waals surface area (Å²) >= 11 is 1.38. The van der Waals surface area contributed by atoms with Crippen molar-refractivity contribution in [2.75, 3.05) is 44.4 Å². The summed E-state index contributed by atoms with van der Waals surface area (Å²) in [6, 6.07) is 0. The summed E-state index contributed by atoms with van der Waals surface area (Å²) in [6.07, 6.45) is 0.534. The summed E-state index contributed by atoms with van der Waals surface area (Å²) in [5.41, 5.74) is 0.891. The Balaban J connectivity index is 1.77. The van der Waals surface area contributed by atoms with Crippen LogP contribution in [0, 0.1) is 19.8 Å². The molecule has 0 aliphatic carbocycles. The number of anilines is 1. The van der Waals surface area contributed by atoms with Crippen molar-refractivity contribution in [2.24, 2.45) is 5.92 Å². The maximum atomic E-state index is 12.8. The fourth-order valence-electron chi connectivity index (χ4n) is 3.33. The first kappa shape index (κ1) is 21.4. The molecule has 29 heavy (non-hydrogen) atoms. The van der Waals surface area contributed by atoms with Gasteiger partial charge in [0.1, 0.15) is 16.5 Å². The molecule has 2 aromatic heterocycles. The summed E-state index contributed by atoms with van der Waals surface area (Å²) in [4.78, 5) is 37.4. The number of aromatic nitrogens is 2. The third kappa shape index (κ3) is 4.84. The number of morpholine rings is 1. The van der Waals surface area contributed by atoms with E-state index in [1.54, 1.807) is 6.92 Å². The average Bonchev–Trinajstić information content (AvgIpc) is 3.04. The van der Waals surface area contributed by atoms with Gasteiger partial charge in [0.15, 0.2) is 0 Å². The van der Waals surface area contributed by atoms with Crippen LogP contribution in [0.5, 0.6) is 0 Å². The number of thiophene rings is 1. The number of nitrogens with one attached hydrogen (secondary N) is 1. The highest BCUT2D eigenvalue weighted by molar-refractivity contribution is 7.20. The van der Waals surface area contributed by atoms with E-state index in [1.165, 1.54) is 11.3 Å². The summed E-state index contributed by atoms with van der Waals surface area (Å²) in [7, 11) is 0. The molecular weight excluding hydrogens is 392 g/mol. The predicted molar refractivity (Wildman–Crippen MR) is 113 cm³/mol. The van der Waals surface area contributed by atoms with Crippen molar-refractivity contribution >= 4 is 39.2 Å². The molecule has 1 aliphatic heterocycles. The molecule has 0 unspecified atom stereocenters. The maximum Gasteiger partial charge on any atom is 0.308 e. The number of amides is 1. The fourth-order valence-corrected chi connectivity index (χ4v) is 4.46. The maximum absolute atomic E-state index is 12.8. The molecule has 2 aromatic rings. The van der Waals surface area contributed by atoms with Crippen molar-refractivity contribution in [3.63, 3.8) is 0 Å². The van der Waals surface area contributed by atoms with Crippen LogP contribution in [0.25, 0.3) is 10.2 Å². The zero-order valence-corrected chi connectivity index (χ0v) is 18.2. The molecule has 0 saturated carbocycles. The molecule has 1 aliphatic rings. The number of ether oxygens (including phenoxy) is 2. The minimum Gasteiger partial charge on any atom is -0.466 e. The molecule has 0 radical (unpaired) electrons. The Bertz CT molecular complexity index is 892. The molecule has 0 aromatic carbocycles. The van der Waals surface area contributed by atoms with Crippen LogP contribution in [0.3, 0.4) is 0 Å². The van der Waals surface area contributed by atoms with E-state index in [9.17, 15) is 9.59 Å². The summed E-state index contributed by atoms with van der Waals surface area (Å²) in [5.74, 6) is 0.933. The van der Waals surface area contributed by atoms with Crippen molar-refractivity contribution in [1.29, 1.82) is 0 Å². The number of nitrogens with zero attached hydrogens (tertiary/aromatic N) is 3. The van der Waals surface area contributed by atoms with Crippen LogP contribution >= 0.6 is 11.3 Å². The lowest BCUT2D eigenvalue weighted by atomic mass is 10.1. The quantitative estimate of drug-likeness (QED) is 0.688. The highest BCUT2D eigenvalue weighted by atomic mass is 32.1. The number of hydrogen-bond donors (Lipinski definition) is 1. The normalized spacial score (nSPS) is 15.4. The van der Waals surface area contributed by atoms with Crippen molar-refractivity contribution in [2.45, 2.75) is 34.1 Å². The van der Waals surface area contributed by atoms with Crippen LogP contribution in [0.1, 0.15) is 41.3 Å². The number of carbonyl (C=O) groups excluding carboxylic acids is 2. The van der Waals surface area contributed by atoms with Gasteiger partial charge in [0.05, 0.1) is 36.0 Å². The third-order valence-electron chi connectivity index (χ3n) is 4.95. The molecular formula is C20H28N4O4S. The van der Waals surface area contributed by atoms with E-state index >= 15 is 0 Å². The van der Waals surface area contributed by atoms with E-state index in [4.69, 9.17) is 9.47 Å². The van der Waals surface area contributed by atoms with Crippen LogP contribution in [-0.2, 0) is 14.3 Å². The summed E-state index contributed by atoms with van der Waals surface area (Å²) < 4.78 is 10.5. The van der Waals surface area contributed by atoms with E-state index in [0.717, 1.165) is 34.7 Å². The Labute approximate surface area is 174 Å². The van der Waals surface area contributed by atoms with E-state index in [0.29, 0.717) is 43.5 Å². The first-order valence-corrected chi connectivity index (χ1v) is 10.8. The third-order valence-corrected chi connectivity index (χ3v) is 6.14. The monoisotopic (exact) mass is 420 g/mol. The van der Waals surface area contributed by atoms with E-state index in [2.05, 4.69) is 20.2 Å². The van der Waals surface area contributed by atoms with Crippen molar-refractivity contribution in [1.82, 2.24) is 15.3 Å². The van der Waals surface area contributed by atoms with Crippen molar-refractivity contribution < 1.29 is 19.1 Å². The standard InChI is InChI=1S/C20H28N4O4S/c1-5-28-20(26)12(2)6-7-21-18(25)16-13(3)15-17(24-8-10-27-11-9-24)22-14(4)23-19(15)29-16/h12H,5-11H2,1-4H3,(H,21,25)/t12-/m1/s1. The Morgan fingerprint density at radius 3 is 2.69 bits per heavy atom. The largest absolute Gasteiger partial charge is 0.466 e. The van der Waals surface area contributed by atoms with E-state index in [1.807, 2.05) is 20.8 Å². The Hall–Kier alpha value is -2.26. The molecule has 1 N–H and O–H groups in total. The first-order chi connectivity index (χ1) is 13.9. The highest BCUT2D eigenvalue weighted by Gasteiger charge is 2.24. The molecule has 3 rings (SSSR count). The van der Waals surface area contributed by atoms with Crippen LogP contribution < -0.4 is 10.2 Å². The van der Waals surface area contributed by atoms with E-state index < -0.39 is 0 Å². The molecule has 1 fully saturated rings. The summed E-state index contributed by atoms with van der Waals surface area (Å²) in [6.45, 7) is 11.1. The number of esters is 1. The van der Waals surface area contributed by atoms with Gasteiger partial charge in [0.25, 0.3) is 5.91 Å². The lowest BCUT2D eigenvalue weighted by molar-refractivity contribution is -0.147. The number of fused-ring (bicyclic) bond motifs is 1. The Kier molecular flexibility index (Phi) is 7.02. The van der Waals surface area contributed by atoms with Crippen LogP contribution in [0.15, 0.2) is 0 Å². The predicted octanol–water partition coefficient (Wildman–Crippen LogP) is 2.46. The minimum absolute atomic E-state index is 0.146. The van der Waals surface area contributed by atoms with Gasteiger partial charge in [-0.2, -0.15) is 0 Å². The van der Waals surface area contributed by atoms with E-state index in [-0.39, 0.29) is 17.8 Å². The van der Waals surface area contributed by atoms with Gasteiger partial charge in [-0.05, 0) is 32.8 Å². The fraction of sp³-hybridized carbons (Fsp3) is 0.600. The first-order valence-electron chi connectivity index (χ1n) is 9.97. The molecule has 3 heterocycles. The molecule has 8 nitrogen and oxygen atoms in total.